The minimum Gasteiger partial charge on any atom is -0.461 e. The summed E-state index contributed by atoms with van der Waals surface area (Å²) in [5, 5.41) is 11.8. The number of ether oxygens (including phenoxy) is 1. The van der Waals surface area contributed by atoms with Gasteiger partial charge < -0.3 is 9.64 Å². The van der Waals surface area contributed by atoms with E-state index in [0.717, 1.165) is 5.56 Å². The van der Waals surface area contributed by atoms with Crippen LogP contribution in [-0.2, 0) is 16.1 Å². The molecule has 7 heteroatoms. The highest BCUT2D eigenvalue weighted by molar-refractivity contribution is 6.30. The minimum absolute atomic E-state index is 0.0938. The maximum Gasteiger partial charge on any atom is 0.309 e. The zero-order valence-corrected chi connectivity index (χ0v) is 14.9. The van der Waals surface area contributed by atoms with Crippen molar-refractivity contribution < 1.29 is 14.5 Å². The Labute approximate surface area is 156 Å². The highest BCUT2D eigenvalue weighted by Crippen LogP contribution is 2.31. The maximum atomic E-state index is 12.3. The molecular formula is C19H19ClN2O4. The first-order valence-electron chi connectivity index (χ1n) is 8.44. The lowest BCUT2D eigenvalue weighted by atomic mass is 9.96. The summed E-state index contributed by atoms with van der Waals surface area (Å²) in [6, 6.07) is 13.9. The molecule has 0 aromatic heterocycles. The number of benzene rings is 2. The molecule has 6 nitrogen and oxygen atoms in total. The fourth-order valence-corrected chi connectivity index (χ4v) is 3.22. The Morgan fingerprint density at radius 1 is 1.15 bits per heavy atom. The predicted octanol–water partition coefficient (Wildman–Crippen LogP) is 4.21. The molecule has 0 aliphatic carbocycles. The van der Waals surface area contributed by atoms with Crippen molar-refractivity contribution in [2.45, 2.75) is 19.4 Å². The van der Waals surface area contributed by atoms with Crippen LogP contribution in [0.25, 0.3) is 0 Å². The van der Waals surface area contributed by atoms with Crippen LogP contribution < -0.4 is 4.90 Å². The fraction of sp³-hybridized carbons (Fsp3) is 0.316. The van der Waals surface area contributed by atoms with Gasteiger partial charge in [0.15, 0.2) is 0 Å². The molecule has 1 fully saturated rings. The lowest BCUT2D eigenvalue weighted by Crippen LogP contribution is -2.37. The molecular weight excluding hydrogens is 356 g/mol. The highest BCUT2D eigenvalue weighted by Gasteiger charge is 2.28. The van der Waals surface area contributed by atoms with Gasteiger partial charge in [-0.15, -0.1) is 0 Å². The van der Waals surface area contributed by atoms with Gasteiger partial charge in [0, 0.05) is 24.2 Å². The lowest BCUT2D eigenvalue weighted by Gasteiger charge is -2.32. The number of anilines is 1. The van der Waals surface area contributed by atoms with Crippen molar-refractivity contribution in [3.8, 4) is 0 Å². The molecule has 0 N–H and O–H groups in total. The quantitative estimate of drug-likeness (QED) is 0.445. The molecule has 0 amide bonds. The molecule has 3 rings (SSSR count). The molecule has 0 saturated carbocycles. The first-order chi connectivity index (χ1) is 12.5. The van der Waals surface area contributed by atoms with Crippen LogP contribution in [0, 0.1) is 16.0 Å². The second-order valence-corrected chi connectivity index (χ2v) is 6.68. The molecule has 1 saturated heterocycles. The number of hydrogen-bond acceptors (Lipinski definition) is 5. The van der Waals surface area contributed by atoms with Gasteiger partial charge in [-0.3, -0.25) is 14.9 Å². The molecule has 0 spiro atoms. The van der Waals surface area contributed by atoms with E-state index in [2.05, 4.69) is 0 Å². The predicted molar refractivity (Wildman–Crippen MR) is 99.3 cm³/mol. The second kappa shape index (κ2) is 8.19. The van der Waals surface area contributed by atoms with Gasteiger partial charge in [-0.1, -0.05) is 35.9 Å². The van der Waals surface area contributed by atoms with Crippen molar-refractivity contribution in [2.75, 3.05) is 18.0 Å². The third-order valence-corrected chi connectivity index (χ3v) is 4.79. The summed E-state index contributed by atoms with van der Waals surface area (Å²) in [7, 11) is 0. The van der Waals surface area contributed by atoms with Crippen LogP contribution in [0.1, 0.15) is 18.4 Å². The van der Waals surface area contributed by atoms with E-state index in [4.69, 9.17) is 16.3 Å². The SMILES string of the molecule is O=C(OCc1ccc(Cl)cc1)C1CCN(c2ccccc2[N+](=O)[O-])CC1. The van der Waals surface area contributed by atoms with Crippen molar-refractivity contribution in [3.05, 3.63) is 69.2 Å². The molecule has 0 atom stereocenters. The zero-order valence-electron chi connectivity index (χ0n) is 14.1. The number of rotatable bonds is 5. The zero-order chi connectivity index (χ0) is 18.5. The summed E-state index contributed by atoms with van der Waals surface area (Å²) < 4.78 is 5.40. The number of para-hydroxylation sites is 2. The number of esters is 1. The van der Waals surface area contributed by atoms with E-state index in [0.29, 0.717) is 36.6 Å². The van der Waals surface area contributed by atoms with E-state index in [1.54, 1.807) is 30.3 Å². The normalized spacial score (nSPS) is 14.9. The molecule has 1 aliphatic rings. The number of carbonyl (C=O) groups is 1. The van der Waals surface area contributed by atoms with Gasteiger partial charge in [-0.25, -0.2) is 0 Å². The molecule has 0 unspecified atom stereocenters. The number of nitro benzene ring substituents is 1. The molecule has 1 aliphatic heterocycles. The molecule has 0 radical (unpaired) electrons. The second-order valence-electron chi connectivity index (χ2n) is 6.24. The van der Waals surface area contributed by atoms with E-state index < -0.39 is 0 Å². The third-order valence-electron chi connectivity index (χ3n) is 4.54. The summed E-state index contributed by atoms with van der Waals surface area (Å²) in [6.45, 7) is 1.40. The average Bonchev–Trinajstić information content (AvgIpc) is 2.67. The van der Waals surface area contributed by atoms with E-state index in [9.17, 15) is 14.9 Å². The van der Waals surface area contributed by atoms with E-state index in [-0.39, 0.29) is 29.1 Å². The van der Waals surface area contributed by atoms with Crippen LogP contribution in [0.3, 0.4) is 0 Å². The first-order valence-corrected chi connectivity index (χ1v) is 8.82. The number of nitro groups is 1. The van der Waals surface area contributed by atoms with Crippen molar-refractivity contribution in [1.29, 1.82) is 0 Å². The largest absolute Gasteiger partial charge is 0.461 e. The summed E-state index contributed by atoms with van der Waals surface area (Å²) in [6.07, 6.45) is 1.23. The van der Waals surface area contributed by atoms with Crippen LogP contribution in [0.15, 0.2) is 48.5 Å². The Hall–Kier alpha value is -2.60. The van der Waals surface area contributed by atoms with Crippen molar-refractivity contribution in [2.24, 2.45) is 5.92 Å². The Balaban J connectivity index is 1.54. The molecule has 26 heavy (non-hydrogen) atoms. The number of hydrogen-bond donors (Lipinski definition) is 0. The van der Waals surface area contributed by atoms with Gasteiger partial charge in [-0.2, -0.15) is 0 Å². The van der Waals surface area contributed by atoms with E-state index in [1.165, 1.54) is 6.07 Å². The summed E-state index contributed by atoms with van der Waals surface area (Å²) in [4.78, 5) is 25.0. The van der Waals surface area contributed by atoms with Crippen molar-refractivity contribution >= 4 is 28.9 Å². The topological polar surface area (TPSA) is 72.7 Å². The van der Waals surface area contributed by atoms with Crippen molar-refractivity contribution in [3.63, 3.8) is 0 Å². The maximum absolute atomic E-state index is 12.3. The standard InChI is InChI=1S/C19H19ClN2O4/c20-16-7-5-14(6-8-16)13-26-19(23)15-9-11-21(12-10-15)17-3-1-2-4-18(17)22(24)25/h1-8,15H,9-13H2. The molecule has 2 aromatic carbocycles. The van der Waals surface area contributed by atoms with E-state index in [1.807, 2.05) is 17.0 Å². The summed E-state index contributed by atoms with van der Waals surface area (Å²) in [5.41, 5.74) is 1.59. The van der Waals surface area contributed by atoms with Crippen LogP contribution in [-0.4, -0.2) is 24.0 Å². The molecule has 2 aromatic rings. The molecule has 1 heterocycles. The van der Waals surface area contributed by atoms with Crippen molar-refractivity contribution in [1.82, 2.24) is 0 Å². The third kappa shape index (κ3) is 4.32. The average molecular weight is 375 g/mol. The van der Waals surface area contributed by atoms with E-state index >= 15 is 0 Å². The van der Waals surface area contributed by atoms with Gasteiger partial charge in [0.05, 0.1) is 10.8 Å². The lowest BCUT2D eigenvalue weighted by molar-refractivity contribution is -0.384. The van der Waals surface area contributed by atoms with Crippen LogP contribution >= 0.6 is 11.6 Å². The fourth-order valence-electron chi connectivity index (χ4n) is 3.09. The Bertz CT molecular complexity index is 786. The van der Waals surface area contributed by atoms with Crippen LogP contribution in [0.4, 0.5) is 11.4 Å². The molecule has 136 valence electrons. The smallest absolute Gasteiger partial charge is 0.309 e. The van der Waals surface area contributed by atoms with Gasteiger partial charge >= 0.3 is 5.97 Å². The van der Waals surface area contributed by atoms with Crippen LogP contribution in [0.2, 0.25) is 5.02 Å². The summed E-state index contributed by atoms with van der Waals surface area (Å²) >= 11 is 5.84. The molecule has 0 bridgehead atoms. The number of halogens is 1. The number of carbonyl (C=O) groups excluding carboxylic acids is 1. The first kappa shape index (κ1) is 18.2. The number of nitrogens with zero attached hydrogens (tertiary/aromatic N) is 2. The van der Waals surface area contributed by atoms with Gasteiger partial charge in [-0.05, 0) is 36.6 Å². The Morgan fingerprint density at radius 2 is 1.81 bits per heavy atom. The van der Waals surface area contributed by atoms with Crippen LogP contribution in [0.5, 0.6) is 0 Å². The Morgan fingerprint density at radius 3 is 2.46 bits per heavy atom. The monoisotopic (exact) mass is 374 g/mol. The van der Waals surface area contributed by atoms with Gasteiger partial charge in [0.1, 0.15) is 12.3 Å². The Kier molecular flexibility index (Phi) is 5.73. The number of piperidine rings is 1. The van der Waals surface area contributed by atoms with Gasteiger partial charge in [0.25, 0.3) is 5.69 Å². The minimum atomic E-state index is -0.373. The van der Waals surface area contributed by atoms with Gasteiger partial charge in [0.2, 0.25) is 0 Å². The highest BCUT2D eigenvalue weighted by atomic mass is 35.5. The summed E-state index contributed by atoms with van der Waals surface area (Å²) in [5.74, 6) is -0.400.